The first-order valence-corrected chi connectivity index (χ1v) is 5.98. The Kier molecular flexibility index (Phi) is 4.90. The van der Waals surface area contributed by atoms with Crippen molar-refractivity contribution < 1.29 is 4.74 Å². The number of likely N-dealkylation sites (N-methyl/N-ethyl adjacent to an activating group) is 1. The molecule has 4 heteroatoms. The standard InChI is InChI=1S/C13H23N3O/c1-5-13(2,17-4)11(15-3)8-10-6-7-16-12(14)9-10/h6-7,9,11,15H,5,8H2,1-4H3,(H2,14,16). The number of rotatable bonds is 6. The molecule has 0 radical (unpaired) electrons. The summed E-state index contributed by atoms with van der Waals surface area (Å²) in [5.41, 5.74) is 6.69. The van der Waals surface area contributed by atoms with E-state index in [0.717, 1.165) is 12.8 Å². The maximum absolute atomic E-state index is 5.69. The summed E-state index contributed by atoms with van der Waals surface area (Å²) in [4.78, 5) is 4.00. The van der Waals surface area contributed by atoms with Crippen LogP contribution in [0.1, 0.15) is 25.8 Å². The second-order valence-electron chi connectivity index (χ2n) is 4.50. The van der Waals surface area contributed by atoms with E-state index in [0.29, 0.717) is 5.82 Å². The molecular weight excluding hydrogens is 214 g/mol. The fourth-order valence-electron chi connectivity index (χ4n) is 2.01. The molecule has 1 rings (SSSR count). The van der Waals surface area contributed by atoms with Crippen LogP contribution in [-0.2, 0) is 11.2 Å². The molecule has 4 nitrogen and oxygen atoms in total. The lowest BCUT2D eigenvalue weighted by Gasteiger charge is -2.35. The fourth-order valence-corrected chi connectivity index (χ4v) is 2.01. The summed E-state index contributed by atoms with van der Waals surface area (Å²) >= 11 is 0. The van der Waals surface area contributed by atoms with Gasteiger partial charge in [0.05, 0.1) is 5.60 Å². The second-order valence-corrected chi connectivity index (χ2v) is 4.50. The molecule has 0 aliphatic carbocycles. The lowest BCUT2D eigenvalue weighted by Crippen LogP contribution is -2.49. The van der Waals surface area contributed by atoms with Gasteiger partial charge in [0, 0.05) is 19.3 Å². The highest BCUT2D eigenvalue weighted by atomic mass is 16.5. The Morgan fingerprint density at radius 3 is 2.76 bits per heavy atom. The Bertz CT molecular complexity index is 350. The molecule has 96 valence electrons. The second kappa shape index (κ2) is 5.98. The van der Waals surface area contributed by atoms with Gasteiger partial charge in [-0.15, -0.1) is 0 Å². The van der Waals surface area contributed by atoms with Crippen LogP contribution in [0.2, 0.25) is 0 Å². The van der Waals surface area contributed by atoms with E-state index < -0.39 is 0 Å². The van der Waals surface area contributed by atoms with Crippen LogP contribution in [0.3, 0.4) is 0 Å². The summed E-state index contributed by atoms with van der Waals surface area (Å²) < 4.78 is 5.63. The highest BCUT2D eigenvalue weighted by Crippen LogP contribution is 2.22. The Labute approximate surface area is 104 Å². The van der Waals surface area contributed by atoms with Gasteiger partial charge in [-0.25, -0.2) is 4.98 Å². The predicted molar refractivity (Wildman–Crippen MR) is 70.9 cm³/mol. The molecule has 0 aliphatic rings. The normalized spacial score (nSPS) is 16.5. The van der Waals surface area contributed by atoms with Gasteiger partial charge in [0.15, 0.2) is 0 Å². The number of nitrogens with zero attached hydrogens (tertiary/aromatic N) is 1. The van der Waals surface area contributed by atoms with E-state index in [9.17, 15) is 0 Å². The third kappa shape index (κ3) is 3.41. The van der Waals surface area contributed by atoms with Crippen LogP contribution in [0.4, 0.5) is 5.82 Å². The van der Waals surface area contributed by atoms with Crippen molar-refractivity contribution in [2.45, 2.75) is 38.3 Å². The number of nitrogens with two attached hydrogens (primary N) is 1. The number of aromatic nitrogens is 1. The SMILES string of the molecule is CCC(C)(OC)C(Cc1ccnc(N)c1)NC. The van der Waals surface area contributed by atoms with Crippen molar-refractivity contribution in [2.24, 2.45) is 0 Å². The van der Waals surface area contributed by atoms with Gasteiger partial charge in [-0.1, -0.05) is 6.92 Å². The number of hydrogen-bond donors (Lipinski definition) is 2. The largest absolute Gasteiger partial charge is 0.384 e. The van der Waals surface area contributed by atoms with Crippen molar-refractivity contribution in [3.63, 3.8) is 0 Å². The number of hydrogen-bond acceptors (Lipinski definition) is 4. The number of pyridine rings is 1. The summed E-state index contributed by atoms with van der Waals surface area (Å²) in [6.07, 6.45) is 3.57. The lowest BCUT2D eigenvalue weighted by atomic mass is 9.88. The smallest absolute Gasteiger partial charge is 0.123 e. The van der Waals surface area contributed by atoms with Gasteiger partial charge in [0.25, 0.3) is 0 Å². The Hall–Kier alpha value is -1.13. The molecule has 0 aromatic carbocycles. The first kappa shape index (κ1) is 13.9. The van der Waals surface area contributed by atoms with Crippen LogP contribution in [0.25, 0.3) is 0 Å². The third-order valence-electron chi connectivity index (χ3n) is 3.54. The number of anilines is 1. The van der Waals surface area contributed by atoms with E-state index in [4.69, 9.17) is 10.5 Å². The molecule has 0 spiro atoms. The minimum atomic E-state index is -0.174. The van der Waals surface area contributed by atoms with Crippen molar-refractivity contribution in [1.29, 1.82) is 0 Å². The highest BCUT2D eigenvalue weighted by Gasteiger charge is 2.31. The molecule has 0 amide bonds. The van der Waals surface area contributed by atoms with Crippen LogP contribution < -0.4 is 11.1 Å². The van der Waals surface area contributed by atoms with Crippen LogP contribution in [0.15, 0.2) is 18.3 Å². The van der Waals surface area contributed by atoms with Gasteiger partial charge in [-0.05, 0) is 44.5 Å². The zero-order valence-corrected chi connectivity index (χ0v) is 11.2. The summed E-state index contributed by atoms with van der Waals surface area (Å²) in [5, 5.41) is 3.33. The Balaban J connectivity index is 2.83. The highest BCUT2D eigenvalue weighted by molar-refractivity contribution is 5.32. The predicted octanol–water partition coefficient (Wildman–Crippen LogP) is 1.61. The first-order valence-electron chi connectivity index (χ1n) is 5.98. The van der Waals surface area contributed by atoms with E-state index in [-0.39, 0.29) is 11.6 Å². The molecule has 1 aromatic rings. The summed E-state index contributed by atoms with van der Waals surface area (Å²) in [7, 11) is 3.72. The zero-order chi connectivity index (χ0) is 12.9. The van der Waals surface area contributed by atoms with Gasteiger partial charge in [0.1, 0.15) is 5.82 Å². The van der Waals surface area contributed by atoms with Crippen molar-refractivity contribution in [1.82, 2.24) is 10.3 Å². The monoisotopic (exact) mass is 237 g/mol. The van der Waals surface area contributed by atoms with Crippen LogP contribution >= 0.6 is 0 Å². The molecular formula is C13H23N3O. The van der Waals surface area contributed by atoms with Gasteiger partial charge >= 0.3 is 0 Å². The molecule has 17 heavy (non-hydrogen) atoms. The number of nitrogens with one attached hydrogen (secondary N) is 1. The van der Waals surface area contributed by atoms with Gasteiger partial charge in [-0.2, -0.15) is 0 Å². The summed E-state index contributed by atoms with van der Waals surface area (Å²) in [6.45, 7) is 4.26. The molecule has 0 aliphatic heterocycles. The van der Waals surface area contributed by atoms with Crippen molar-refractivity contribution in [3.8, 4) is 0 Å². The molecule has 0 bridgehead atoms. The molecule has 2 unspecified atom stereocenters. The number of ether oxygens (including phenoxy) is 1. The molecule has 3 N–H and O–H groups in total. The number of methoxy groups -OCH3 is 1. The van der Waals surface area contributed by atoms with E-state index in [2.05, 4.69) is 24.1 Å². The molecule has 0 saturated heterocycles. The molecule has 1 aromatic heterocycles. The fraction of sp³-hybridized carbons (Fsp3) is 0.615. The minimum absolute atomic E-state index is 0.174. The zero-order valence-electron chi connectivity index (χ0n) is 11.2. The Morgan fingerprint density at radius 2 is 2.29 bits per heavy atom. The van der Waals surface area contributed by atoms with E-state index >= 15 is 0 Å². The van der Waals surface area contributed by atoms with Crippen molar-refractivity contribution >= 4 is 5.82 Å². The maximum atomic E-state index is 5.69. The Morgan fingerprint density at radius 1 is 1.59 bits per heavy atom. The maximum Gasteiger partial charge on any atom is 0.123 e. The van der Waals surface area contributed by atoms with E-state index in [1.54, 1.807) is 13.3 Å². The molecule has 0 saturated carbocycles. The summed E-state index contributed by atoms with van der Waals surface area (Å²) in [5.74, 6) is 0.563. The van der Waals surface area contributed by atoms with Crippen LogP contribution in [-0.4, -0.2) is 30.8 Å². The minimum Gasteiger partial charge on any atom is -0.384 e. The molecule has 0 fully saturated rings. The average molecular weight is 237 g/mol. The third-order valence-corrected chi connectivity index (χ3v) is 3.54. The van der Waals surface area contributed by atoms with Crippen molar-refractivity contribution in [3.05, 3.63) is 23.9 Å². The quantitative estimate of drug-likeness (QED) is 0.789. The molecule has 2 atom stereocenters. The first-order chi connectivity index (χ1) is 8.05. The lowest BCUT2D eigenvalue weighted by molar-refractivity contribution is -0.0268. The van der Waals surface area contributed by atoms with E-state index in [1.165, 1.54) is 5.56 Å². The topological polar surface area (TPSA) is 60.2 Å². The average Bonchev–Trinajstić information content (AvgIpc) is 2.35. The van der Waals surface area contributed by atoms with Gasteiger partial charge < -0.3 is 15.8 Å². The van der Waals surface area contributed by atoms with Crippen LogP contribution in [0, 0.1) is 0 Å². The van der Waals surface area contributed by atoms with Crippen molar-refractivity contribution in [2.75, 3.05) is 19.9 Å². The van der Waals surface area contributed by atoms with E-state index in [1.807, 2.05) is 19.2 Å². The van der Waals surface area contributed by atoms with Gasteiger partial charge in [0.2, 0.25) is 0 Å². The molecule has 1 heterocycles. The summed E-state index contributed by atoms with van der Waals surface area (Å²) in [6, 6.07) is 4.15. The van der Waals surface area contributed by atoms with Crippen LogP contribution in [0.5, 0.6) is 0 Å². The number of nitrogen functional groups attached to an aromatic ring is 1. The van der Waals surface area contributed by atoms with Gasteiger partial charge in [-0.3, -0.25) is 0 Å².